The van der Waals surface area contributed by atoms with Crippen LogP contribution in [0.25, 0.3) is 11.6 Å². The van der Waals surface area contributed by atoms with E-state index in [2.05, 4.69) is 59.6 Å². The molecule has 31 heavy (non-hydrogen) atoms. The molecule has 151 valence electrons. The SMILES string of the molecule is [C]1=C(C2=c3ccc4c(c3CC(C3CCC3)C2)CC=c2ccccc2=4)Cc2ncccc21. The highest BCUT2D eigenvalue weighted by Gasteiger charge is 2.33. The third-order valence-electron chi connectivity index (χ3n) is 8.17. The van der Waals surface area contributed by atoms with Gasteiger partial charge in [0.2, 0.25) is 0 Å². The molecule has 1 atom stereocenters. The van der Waals surface area contributed by atoms with Crippen molar-refractivity contribution in [2.24, 2.45) is 11.8 Å². The first-order chi connectivity index (χ1) is 15.3. The summed E-state index contributed by atoms with van der Waals surface area (Å²) in [6, 6.07) is 17.9. The molecule has 1 saturated carbocycles. The van der Waals surface area contributed by atoms with Crippen LogP contribution in [0.1, 0.15) is 48.1 Å². The van der Waals surface area contributed by atoms with Crippen LogP contribution >= 0.6 is 0 Å². The molecule has 1 heteroatoms. The number of rotatable bonds is 2. The average molecular weight is 401 g/mol. The van der Waals surface area contributed by atoms with Crippen molar-refractivity contribution >= 4 is 11.6 Å². The van der Waals surface area contributed by atoms with Crippen molar-refractivity contribution in [1.29, 1.82) is 0 Å². The summed E-state index contributed by atoms with van der Waals surface area (Å²) in [6.45, 7) is 0. The molecule has 0 N–H and O–H groups in total. The van der Waals surface area contributed by atoms with Crippen molar-refractivity contribution in [3.05, 3.63) is 110 Å². The van der Waals surface area contributed by atoms with Gasteiger partial charge in [0.15, 0.2) is 0 Å². The molecule has 0 aliphatic heterocycles. The molecule has 7 rings (SSSR count). The Morgan fingerprint density at radius 1 is 0.806 bits per heavy atom. The third kappa shape index (κ3) is 2.72. The minimum atomic E-state index is 0.783. The van der Waals surface area contributed by atoms with Crippen LogP contribution in [0.15, 0.2) is 60.3 Å². The molecule has 2 aromatic carbocycles. The molecular formula is C30H26N. The summed E-state index contributed by atoms with van der Waals surface area (Å²) >= 11 is 0. The minimum absolute atomic E-state index is 0.783. The van der Waals surface area contributed by atoms with E-state index in [1.807, 2.05) is 12.3 Å². The molecule has 4 aliphatic rings. The number of benzene rings is 2. The summed E-state index contributed by atoms with van der Waals surface area (Å²) in [4.78, 5) is 4.64. The van der Waals surface area contributed by atoms with E-state index in [1.54, 1.807) is 16.7 Å². The predicted molar refractivity (Wildman–Crippen MR) is 124 cm³/mol. The van der Waals surface area contributed by atoms with Crippen LogP contribution in [-0.2, 0) is 19.3 Å². The number of nitrogens with zero attached hydrogens (tertiary/aromatic N) is 1. The third-order valence-corrected chi connectivity index (χ3v) is 8.17. The second kappa shape index (κ2) is 6.79. The van der Waals surface area contributed by atoms with Crippen molar-refractivity contribution < 1.29 is 0 Å². The summed E-state index contributed by atoms with van der Waals surface area (Å²) in [5.74, 6) is 1.69. The van der Waals surface area contributed by atoms with E-state index in [0.717, 1.165) is 24.7 Å². The molecule has 0 spiro atoms. The quantitative estimate of drug-likeness (QED) is 0.615. The Hall–Kier alpha value is -2.93. The molecule has 1 heterocycles. The lowest BCUT2D eigenvalue weighted by atomic mass is 9.67. The normalized spacial score (nSPS) is 21.2. The Balaban J connectivity index is 1.48. The molecule has 0 bridgehead atoms. The van der Waals surface area contributed by atoms with E-state index in [-0.39, 0.29) is 0 Å². The van der Waals surface area contributed by atoms with Gasteiger partial charge in [0.1, 0.15) is 0 Å². The molecule has 3 aromatic rings. The van der Waals surface area contributed by atoms with Crippen LogP contribution in [0.2, 0.25) is 0 Å². The molecule has 1 fully saturated rings. The number of fused-ring (bicyclic) bond motifs is 5. The highest BCUT2D eigenvalue weighted by Crippen LogP contribution is 2.42. The zero-order valence-electron chi connectivity index (χ0n) is 17.8. The summed E-state index contributed by atoms with van der Waals surface area (Å²) in [5, 5.41) is 5.75. The fourth-order valence-corrected chi connectivity index (χ4v) is 6.31. The van der Waals surface area contributed by atoms with Crippen molar-refractivity contribution in [2.45, 2.75) is 44.9 Å². The Morgan fingerprint density at radius 3 is 2.58 bits per heavy atom. The monoisotopic (exact) mass is 400 g/mol. The van der Waals surface area contributed by atoms with E-state index in [1.165, 1.54) is 69.8 Å². The molecule has 1 unspecified atom stereocenters. The maximum Gasteiger partial charge on any atom is 0.0526 e. The van der Waals surface area contributed by atoms with Crippen molar-refractivity contribution in [3.63, 3.8) is 0 Å². The number of pyridine rings is 1. The Kier molecular flexibility index (Phi) is 3.88. The van der Waals surface area contributed by atoms with Crippen LogP contribution in [-0.4, -0.2) is 4.98 Å². The van der Waals surface area contributed by atoms with E-state index in [0.29, 0.717) is 0 Å². The minimum Gasteiger partial charge on any atom is -0.260 e. The molecule has 1 aromatic heterocycles. The number of allylic oxidation sites excluding steroid dienone is 1. The first-order valence-corrected chi connectivity index (χ1v) is 11.9. The second-order valence-corrected chi connectivity index (χ2v) is 9.73. The van der Waals surface area contributed by atoms with E-state index in [4.69, 9.17) is 0 Å². The molecular weight excluding hydrogens is 374 g/mol. The van der Waals surface area contributed by atoms with Crippen LogP contribution in [0.4, 0.5) is 0 Å². The van der Waals surface area contributed by atoms with Crippen LogP contribution in [0.5, 0.6) is 0 Å². The van der Waals surface area contributed by atoms with Crippen LogP contribution in [0.3, 0.4) is 0 Å². The van der Waals surface area contributed by atoms with Gasteiger partial charge in [-0.05, 0) is 86.4 Å². The van der Waals surface area contributed by atoms with Crippen molar-refractivity contribution in [2.75, 3.05) is 0 Å². The zero-order chi connectivity index (χ0) is 20.4. The van der Waals surface area contributed by atoms with Crippen molar-refractivity contribution in [3.8, 4) is 0 Å². The maximum atomic E-state index is 4.64. The Morgan fingerprint density at radius 2 is 1.71 bits per heavy atom. The van der Waals surface area contributed by atoms with Gasteiger partial charge in [0.25, 0.3) is 0 Å². The summed E-state index contributed by atoms with van der Waals surface area (Å²) in [7, 11) is 0. The van der Waals surface area contributed by atoms with Gasteiger partial charge in [-0.1, -0.05) is 67.8 Å². The van der Waals surface area contributed by atoms with E-state index >= 15 is 0 Å². The van der Waals surface area contributed by atoms with Gasteiger partial charge in [0.05, 0.1) is 5.69 Å². The highest BCUT2D eigenvalue weighted by molar-refractivity contribution is 5.70. The molecule has 0 saturated heterocycles. The lowest BCUT2D eigenvalue weighted by Gasteiger charge is -2.38. The second-order valence-electron chi connectivity index (χ2n) is 9.73. The van der Waals surface area contributed by atoms with Gasteiger partial charge in [-0.3, -0.25) is 4.98 Å². The fraction of sp³-hybridized carbons (Fsp3) is 0.300. The number of hydrogen-bond acceptors (Lipinski definition) is 1. The van der Waals surface area contributed by atoms with Gasteiger partial charge >= 0.3 is 0 Å². The molecule has 0 amide bonds. The van der Waals surface area contributed by atoms with Crippen LogP contribution < -0.4 is 10.4 Å². The smallest absolute Gasteiger partial charge is 0.0526 e. The summed E-state index contributed by atoms with van der Waals surface area (Å²) < 4.78 is 0. The lowest BCUT2D eigenvalue weighted by molar-refractivity contribution is 0.204. The van der Waals surface area contributed by atoms with Gasteiger partial charge in [0, 0.05) is 18.2 Å². The molecule has 4 aliphatic carbocycles. The van der Waals surface area contributed by atoms with Gasteiger partial charge in [-0.2, -0.15) is 0 Å². The zero-order valence-corrected chi connectivity index (χ0v) is 17.8. The first-order valence-electron chi connectivity index (χ1n) is 11.9. The van der Waals surface area contributed by atoms with Gasteiger partial charge in [-0.25, -0.2) is 0 Å². The number of hydrogen-bond donors (Lipinski definition) is 0. The maximum absolute atomic E-state index is 4.64. The molecule has 1 nitrogen and oxygen atoms in total. The van der Waals surface area contributed by atoms with E-state index in [9.17, 15) is 0 Å². The van der Waals surface area contributed by atoms with Gasteiger partial charge in [-0.15, -0.1) is 0 Å². The highest BCUT2D eigenvalue weighted by atomic mass is 14.7. The number of aromatic nitrogens is 1. The molecule has 1 radical (unpaired) electrons. The fourth-order valence-electron chi connectivity index (χ4n) is 6.31. The van der Waals surface area contributed by atoms with E-state index < -0.39 is 0 Å². The standard InChI is InChI=1S/C30H26N/c1-2-9-24-20(5-1)10-11-26-25(24)12-13-27-28(16-22(17-29(26)27)19-6-3-7-19)23-15-21-8-4-14-31-30(21)18-23/h1-2,4-5,8-10,12-14,19,22H,3,6-7,11,16-18H2. The van der Waals surface area contributed by atoms with Crippen molar-refractivity contribution in [1.82, 2.24) is 4.98 Å². The largest absolute Gasteiger partial charge is 0.260 e. The summed E-state index contributed by atoms with van der Waals surface area (Å²) in [6.07, 6.45) is 16.8. The predicted octanol–water partition coefficient (Wildman–Crippen LogP) is 4.55. The lowest BCUT2D eigenvalue weighted by Crippen LogP contribution is -2.33. The topological polar surface area (TPSA) is 12.9 Å². The first kappa shape index (κ1) is 17.7. The van der Waals surface area contributed by atoms with Gasteiger partial charge < -0.3 is 0 Å². The van der Waals surface area contributed by atoms with Crippen LogP contribution in [0, 0.1) is 28.3 Å². The Bertz CT molecular complexity index is 1470. The summed E-state index contributed by atoms with van der Waals surface area (Å²) in [5.41, 5.74) is 8.53. The average Bonchev–Trinajstić information content (AvgIpc) is 3.21. The Labute approximate surface area is 183 Å².